The van der Waals surface area contributed by atoms with Crippen molar-refractivity contribution in [1.29, 1.82) is 0 Å². The molecule has 8 nitrogen and oxygen atoms in total. The second-order valence-electron chi connectivity index (χ2n) is 5.82. The SMILES string of the molecule is Cc1ccc(-c2cc(C(=O)N[C@@H](CCS(C)(=O)=O)C(=O)O)[nH]n2)cc1. The molecule has 0 saturated carbocycles. The van der Waals surface area contributed by atoms with E-state index in [0.29, 0.717) is 5.69 Å². The van der Waals surface area contributed by atoms with Crippen LogP contribution in [-0.2, 0) is 14.6 Å². The highest BCUT2D eigenvalue weighted by molar-refractivity contribution is 7.90. The molecule has 0 saturated heterocycles. The van der Waals surface area contributed by atoms with Gasteiger partial charge in [-0.25, -0.2) is 13.2 Å². The highest BCUT2D eigenvalue weighted by Gasteiger charge is 2.23. The average Bonchev–Trinajstić information content (AvgIpc) is 3.00. The van der Waals surface area contributed by atoms with E-state index in [1.807, 2.05) is 31.2 Å². The number of carboxylic acids is 1. The lowest BCUT2D eigenvalue weighted by Crippen LogP contribution is -2.42. The molecule has 1 heterocycles. The standard InChI is InChI=1S/C16H19N3O5S/c1-10-3-5-11(6-4-10)13-9-14(19-18-13)15(20)17-12(16(21)22)7-8-25(2,23)24/h3-6,9,12H,7-8H2,1-2H3,(H,17,20)(H,18,19)(H,21,22)/t12-/m0/s1. The predicted molar refractivity (Wildman–Crippen MR) is 92.0 cm³/mol. The van der Waals surface area contributed by atoms with Crippen molar-refractivity contribution in [2.45, 2.75) is 19.4 Å². The fourth-order valence-electron chi connectivity index (χ4n) is 2.14. The molecular formula is C16H19N3O5S. The summed E-state index contributed by atoms with van der Waals surface area (Å²) in [6.45, 7) is 1.95. The number of benzene rings is 1. The van der Waals surface area contributed by atoms with Gasteiger partial charge in [-0.05, 0) is 19.4 Å². The number of aliphatic carboxylic acids is 1. The fraction of sp³-hybridized carbons (Fsp3) is 0.312. The Kier molecular flexibility index (Phi) is 5.58. The summed E-state index contributed by atoms with van der Waals surface area (Å²) in [5.74, 6) is -2.29. The molecule has 0 bridgehead atoms. The van der Waals surface area contributed by atoms with Gasteiger partial charge in [0.05, 0.1) is 11.4 Å². The normalized spacial score (nSPS) is 12.6. The van der Waals surface area contributed by atoms with Crippen LogP contribution in [0.4, 0.5) is 0 Å². The van der Waals surface area contributed by atoms with Gasteiger partial charge in [-0.15, -0.1) is 0 Å². The van der Waals surface area contributed by atoms with Crippen LogP contribution in [0.5, 0.6) is 0 Å². The Labute approximate surface area is 145 Å². The monoisotopic (exact) mass is 365 g/mol. The summed E-state index contributed by atoms with van der Waals surface area (Å²) in [5, 5.41) is 18.1. The third-order valence-electron chi connectivity index (χ3n) is 3.55. The minimum absolute atomic E-state index is 0.0983. The molecule has 9 heteroatoms. The first-order valence-corrected chi connectivity index (χ1v) is 9.55. The van der Waals surface area contributed by atoms with Crippen molar-refractivity contribution >= 4 is 21.7 Å². The summed E-state index contributed by atoms with van der Waals surface area (Å²) in [6, 6.07) is 7.76. The topological polar surface area (TPSA) is 129 Å². The molecule has 0 aliphatic carbocycles. The number of hydrogen-bond donors (Lipinski definition) is 3. The van der Waals surface area contributed by atoms with Gasteiger partial charge in [0.25, 0.3) is 5.91 Å². The lowest BCUT2D eigenvalue weighted by atomic mass is 10.1. The van der Waals surface area contributed by atoms with Gasteiger partial charge in [-0.3, -0.25) is 9.89 Å². The Hall–Kier alpha value is -2.68. The van der Waals surface area contributed by atoms with Crippen molar-refractivity contribution in [2.24, 2.45) is 0 Å². The van der Waals surface area contributed by atoms with Crippen LogP contribution in [0.15, 0.2) is 30.3 Å². The smallest absolute Gasteiger partial charge is 0.326 e. The Morgan fingerprint density at radius 2 is 1.92 bits per heavy atom. The molecule has 25 heavy (non-hydrogen) atoms. The quantitative estimate of drug-likeness (QED) is 0.671. The van der Waals surface area contributed by atoms with Gasteiger partial charge >= 0.3 is 5.97 Å². The maximum Gasteiger partial charge on any atom is 0.326 e. The van der Waals surface area contributed by atoms with Crippen molar-refractivity contribution in [3.05, 3.63) is 41.6 Å². The van der Waals surface area contributed by atoms with Gasteiger partial charge < -0.3 is 10.4 Å². The molecule has 0 aliphatic heterocycles. The van der Waals surface area contributed by atoms with Crippen LogP contribution >= 0.6 is 0 Å². The van der Waals surface area contributed by atoms with Crippen LogP contribution < -0.4 is 5.32 Å². The number of aromatic amines is 1. The number of hydrogen-bond acceptors (Lipinski definition) is 5. The molecule has 2 rings (SSSR count). The zero-order valence-corrected chi connectivity index (χ0v) is 14.6. The molecule has 3 N–H and O–H groups in total. The minimum Gasteiger partial charge on any atom is -0.480 e. The number of amides is 1. The van der Waals surface area contributed by atoms with E-state index >= 15 is 0 Å². The second-order valence-corrected chi connectivity index (χ2v) is 8.08. The summed E-state index contributed by atoms with van der Waals surface area (Å²) >= 11 is 0. The molecule has 0 radical (unpaired) electrons. The van der Waals surface area contributed by atoms with E-state index in [9.17, 15) is 18.0 Å². The van der Waals surface area contributed by atoms with Gasteiger partial charge in [0.15, 0.2) is 0 Å². The third kappa shape index (κ3) is 5.42. The Morgan fingerprint density at radius 3 is 2.48 bits per heavy atom. The van der Waals surface area contributed by atoms with E-state index in [4.69, 9.17) is 5.11 Å². The maximum atomic E-state index is 12.2. The van der Waals surface area contributed by atoms with Crippen LogP contribution in [0.25, 0.3) is 11.3 Å². The summed E-state index contributed by atoms with van der Waals surface area (Å²) in [4.78, 5) is 23.4. The van der Waals surface area contributed by atoms with Crippen LogP contribution in [-0.4, -0.2) is 53.6 Å². The van der Waals surface area contributed by atoms with Crippen molar-refractivity contribution in [1.82, 2.24) is 15.5 Å². The van der Waals surface area contributed by atoms with Crippen molar-refractivity contribution < 1.29 is 23.1 Å². The molecule has 2 aromatic rings. The number of carboxylic acid groups (broad SMARTS) is 1. The van der Waals surface area contributed by atoms with E-state index in [0.717, 1.165) is 17.4 Å². The maximum absolute atomic E-state index is 12.2. The number of nitrogens with one attached hydrogen (secondary N) is 2. The molecule has 1 atom stereocenters. The molecule has 0 unspecified atom stereocenters. The summed E-state index contributed by atoms with van der Waals surface area (Å²) in [6.07, 6.45) is 0.801. The highest BCUT2D eigenvalue weighted by atomic mass is 32.2. The van der Waals surface area contributed by atoms with Gasteiger partial charge in [-0.1, -0.05) is 29.8 Å². The predicted octanol–water partition coefficient (Wildman–Crippen LogP) is 1.00. The molecule has 1 amide bonds. The van der Waals surface area contributed by atoms with Gasteiger partial charge in [0, 0.05) is 11.8 Å². The van der Waals surface area contributed by atoms with E-state index in [-0.39, 0.29) is 17.9 Å². The van der Waals surface area contributed by atoms with Crippen molar-refractivity contribution in [3.63, 3.8) is 0 Å². The summed E-state index contributed by atoms with van der Waals surface area (Å²) < 4.78 is 22.4. The van der Waals surface area contributed by atoms with Gasteiger partial charge in [0.2, 0.25) is 0 Å². The highest BCUT2D eigenvalue weighted by Crippen LogP contribution is 2.18. The Balaban J connectivity index is 2.09. The van der Waals surface area contributed by atoms with E-state index < -0.39 is 27.8 Å². The number of carbonyl (C=O) groups is 2. The lowest BCUT2D eigenvalue weighted by Gasteiger charge is -2.13. The number of nitrogens with zero attached hydrogens (tertiary/aromatic N) is 1. The number of rotatable bonds is 7. The minimum atomic E-state index is -3.32. The number of carbonyl (C=O) groups excluding carboxylic acids is 1. The first-order chi connectivity index (χ1) is 11.7. The first-order valence-electron chi connectivity index (χ1n) is 7.49. The number of aryl methyl sites for hydroxylation is 1. The zero-order chi connectivity index (χ0) is 18.6. The molecule has 0 aliphatic rings. The molecule has 134 valence electrons. The van der Waals surface area contributed by atoms with Crippen molar-refractivity contribution in [2.75, 3.05) is 12.0 Å². The van der Waals surface area contributed by atoms with Crippen LogP contribution in [0.3, 0.4) is 0 Å². The second kappa shape index (κ2) is 7.47. The molecule has 1 aromatic heterocycles. The Bertz CT molecular complexity index is 871. The third-order valence-corrected chi connectivity index (χ3v) is 4.53. The van der Waals surface area contributed by atoms with Crippen LogP contribution in [0.1, 0.15) is 22.5 Å². The van der Waals surface area contributed by atoms with Crippen LogP contribution in [0.2, 0.25) is 0 Å². The number of aromatic nitrogens is 2. The molecule has 1 aromatic carbocycles. The Morgan fingerprint density at radius 1 is 1.28 bits per heavy atom. The largest absolute Gasteiger partial charge is 0.480 e. The molecule has 0 fully saturated rings. The summed E-state index contributed by atoms with van der Waals surface area (Å²) in [7, 11) is -3.32. The zero-order valence-electron chi connectivity index (χ0n) is 13.8. The van der Waals surface area contributed by atoms with Crippen LogP contribution in [0, 0.1) is 6.92 Å². The van der Waals surface area contributed by atoms with Gasteiger partial charge in [0.1, 0.15) is 21.6 Å². The number of H-pyrrole nitrogens is 1. The summed E-state index contributed by atoms with van der Waals surface area (Å²) in [5.41, 5.74) is 2.55. The number of sulfone groups is 1. The van der Waals surface area contributed by atoms with E-state index in [2.05, 4.69) is 15.5 Å². The van der Waals surface area contributed by atoms with Gasteiger partial charge in [-0.2, -0.15) is 5.10 Å². The lowest BCUT2D eigenvalue weighted by molar-refractivity contribution is -0.139. The first kappa shape index (κ1) is 18.7. The molecular weight excluding hydrogens is 346 g/mol. The van der Waals surface area contributed by atoms with E-state index in [1.165, 1.54) is 6.07 Å². The fourth-order valence-corrected chi connectivity index (χ4v) is 2.80. The van der Waals surface area contributed by atoms with E-state index in [1.54, 1.807) is 0 Å². The molecule has 0 spiro atoms. The average molecular weight is 365 g/mol. The van der Waals surface area contributed by atoms with Crippen molar-refractivity contribution in [3.8, 4) is 11.3 Å².